The van der Waals surface area contributed by atoms with E-state index in [1.54, 1.807) is 23.1 Å². The zero-order valence-electron chi connectivity index (χ0n) is 16.6. The minimum atomic E-state index is -0.394. The normalized spacial score (nSPS) is 34.7. The predicted octanol–water partition coefficient (Wildman–Crippen LogP) is 4.31. The van der Waals surface area contributed by atoms with Crippen molar-refractivity contribution in [2.75, 3.05) is 4.90 Å². The van der Waals surface area contributed by atoms with Crippen molar-refractivity contribution in [3.05, 3.63) is 67.0 Å². The number of thiazole rings is 1. The van der Waals surface area contributed by atoms with Crippen LogP contribution >= 0.6 is 34.4 Å². The molecule has 162 valence electrons. The zero-order chi connectivity index (χ0) is 21.7. The van der Waals surface area contributed by atoms with Crippen molar-refractivity contribution in [3.8, 4) is 0 Å². The van der Waals surface area contributed by atoms with Gasteiger partial charge >= 0.3 is 4.87 Å². The first-order chi connectivity index (χ1) is 15.5. The van der Waals surface area contributed by atoms with Crippen molar-refractivity contribution in [2.45, 2.75) is 22.6 Å². The molecule has 7 atom stereocenters. The number of anilines is 1. The summed E-state index contributed by atoms with van der Waals surface area (Å²) in [6.07, 6.45) is 0.869. The number of aromatic nitrogens is 1. The molecule has 2 bridgehead atoms. The lowest BCUT2D eigenvalue weighted by atomic mass is 9.69. The lowest BCUT2D eigenvalue weighted by molar-refractivity contribution is -0.123. The highest BCUT2D eigenvalue weighted by Gasteiger charge is 2.69. The molecule has 32 heavy (non-hydrogen) atoms. The Hall–Kier alpha value is -2.23. The minimum absolute atomic E-state index is 0.0498. The van der Waals surface area contributed by atoms with Crippen molar-refractivity contribution < 1.29 is 14.0 Å². The summed E-state index contributed by atoms with van der Waals surface area (Å²) < 4.78 is 13.4. The van der Waals surface area contributed by atoms with Crippen molar-refractivity contribution in [3.63, 3.8) is 0 Å². The van der Waals surface area contributed by atoms with E-state index in [1.807, 2.05) is 6.07 Å². The van der Waals surface area contributed by atoms with Gasteiger partial charge in [0.25, 0.3) is 0 Å². The molecule has 2 aromatic heterocycles. The molecule has 3 aromatic rings. The molecule has 0 spiro atoms. The third kappa shape index (κ3) is 2.42. The second-order valence-corrected chi connectivity index (χ2v) is 12.1. The maximum Gasteiger partial charge on any atom is 0.305 e. The van der Waals surface area contributed by atoms with Crippen molar-refractivity contribution in [1.29, 1.82) is 0 Å². The lowest BCUT2D eigenvalue weighted by Gasteiger charge is -2.42. The maximum atomic E-state index is 13.5. The molecule has 0 unspecified atom stereocenters. The van der Waals surface area contributed by atoms with Gasteiger partial charge < -0.3 is 4.98 Å². The van der Waals surface area contributed by atoms with Gasteiger partial charge in [-0.2, -0.15) is 0 Å². The third-order valence-corrected chi connectivity index (χ3v) is 11.2. The van der Waals surface area contributed by atoms with Crippen LogP contribution in [-0.2, 0) is 9.59 Å². The molecule has 5 nitrogen and oxygen atoms in total. The van der Waals surface area contributed by atoms with Crippen LogP contribution in [0.4, 0.5) is 10.1 Å². The summed E-state index contributed by atoms with van der Waals surface area (Å²) in [7, 11) is 0. The molecule has 2 aliphatic heterocycles. The number of hydrogen-bond donors (Lipinski definition) is 1. The Morgan fingerprint density at radius 2 is 1.75 bits per heavy atom. The van der Waals surface area contributed by atoms with E-state index in [1.165, 1.54) is 45.4 Å². The standard InChI is InChI=1S/C23H17FN2O3S3/c24-9-3-5-10(6-4-9)26-21(27)15-11-8-12(16(15)22(26)28)18-14(11)17(13-2-1-7-30-13)19-20(31-18)25-23(29)32-19/h1-7,11-12,14-18H,8H2,(H,25,29)/t11-,12+,14+,15-,16-,17+,18-/m0/s1. The summed E-state index contributed by atoms with van der Waals surface area (Å²) in [5.74, 6) is -0.873. The highest BCUT2D eigenvalue weighted by atomic mass is 32.2. The van der Waals surface area contributed by atoms with Crippen LogP contribution < -0.4 is 9.77 Å². The van der Waals surface area contributed by atoms with Crippen molar-refractivity contribution in [2.24, 2.45) is 29.6 Å². The van der Waals surface area contributed by atoms with Crippen LogP contribution in [-0.4, -0.2) is 22.0 Å². The third-order valence-electron chi connectivity index (χ3n) is 7.66. The molecule has 0 radical (unpaired) electrons. The van der Waals surface area contributed by atoms with E-state index < -0.39 is 5.82 Å². The first kappa shape index (κ1) is 19.3. The van der Waals surface area contributed by atoms with Gasteiger partial charge in [-0.1, -0.05) is 17.4 Å². The van der Waals surface area contributed by atoms with Gasteiger partial charge in [0.15, 0.2) is 0 Å². The highest BCUT2D eigenvalue weighted by molar-refractivity contribution is 8.00. The van der Waals surface area contributed by atoms with Crippen LogP contribution in [0, 0.1) is 35.4 Å². The summed E-state index contributed by atoms with van der Waals surface area (Å²) in [6.45, 7) is 0. The number of H-pyrrole nitrogens is 1. The number of carbonyl (C=O) groups excluding carboxylic acids is 2. The number of carbonyl (C=O) groups is 2. The van der Waals surface area contributed by atoms with Gasteiger partial charge in [0.2, 0.25) is 11.8 Å². The Kier molecular flexibility index (Phi) is 4.00. The lowest BCUT2D eigenvalue weighted by Crippen LogP contribution is -2.42. The topological polar surface area (TPSA) is 70.2 Å². The van der Waals surface area contributed by atoms with Gasteiger partial charge in [-0.15, -0.1) is 23.1 Å². The number of amides is 2. The Morgan fingerprint density at radius 1 is 1.00 bits per heavy atom. The van der Waals surface area contributed by atoms with Gasteiger partial charge in [0, 0.05) is 20.9 Å². The van der Waals surface area contributed by atoms with Crippen LogP contribution in [0.2, 0.25) is 0 Å². The van der Waals surface area contributed by atoms with Gasteiger partial charge in [0.1, 0.15) is 5.82 Å². The van der Waals surface area contributed by atoms with Gasteiger partial charge in [-0.25, -0.2) is 4.39 Å². The quantitative estimate of drug-likeness (QED) is 0.550. The molecular weight excluding hydrogens is 467 g/mol. The SMILES string of the molecule is O=C1[C@H]2[C@H]3C[C@@H]([C@@H]4Sc5[nH]c(=O)sc5[C@H](c5cccs5)[C@@H]34)[C@@H]2C(=O)N1c1ccc(F)cc1. The van der Waals surface area contributed by atoms with Gasteiger partial charge in [-0.05, 0) is 59.9 Å². The maximum absolute atomic E-state index is 13.5. The monoisotopic (exact) mass is 484 g/mol. The number of fused-ring (bicyclic) bond motifs is 9. The number of halogens is 1. The number of nitrogens with zero attached hydrogens (tertiary/aromatic N) is 1. The zero-order valence-corrected chi connectivity index (χ0v) is 19.0. The molecule has 9 heteroatoms. The second kappa shape index (κ2) is 6.65. The number of aromatic amines is 1. The number of thioether (sulfide) groups is 1. The fourth-order valence-corrected chi connectivity index (χ4v) is 10.5. The summed E-state index contributed by atoms with van der Waals surface area (Å²) in [5.41, 5.74) is 0.448. The molecule has 4 aliphatic rings. The molecule has 7 rings (SSSR count). The highest BCUT2D eigenvalue weighted by Crippen LogP contribution is 2.68. The van der Waals surface area contributed by atoms with Crippen LogP contribution in [0.5, 0.6) is 0 Å². The molecule has 2 aliphatic carbocycles. The Balaban J connectivity index is 1.32. The fraction of sp³-hybridized carbons (Fsp3) is 0.348. The first-order valence-corrected chi connectivity index (χ1v) is 13.2. The van der Waals surface area contributed by atoms with Gasteiger partial charge in [0.05, 0.1) is 22.5 Å². The summed E-state index contributed by atoms with van der Waals surface area (Å²) in [4.78, 5) is 45.7. The largest absolute Gasteiger partial charge is 0.307 e. The van der Waals surface area contributed by atoms with Crippen molar-refractivity contribution >= 4 is 51.9 Å². The smallest absolute Gasteiger partial charge is 0.305 e. The number of rotatable bonds is 2. The average molecular weight is 485 g/mol. The molecule has 3 fully saturated rings. The summed E-state index contributed by atoms with van der Waals surface area (Å²) >= 11 is 4.65. The van der Waals surface area contributed by atoms with E-state index in [2.05, 4.69) is 16.4 Å². The molecular formula is C23H17FN2O3S3. The van der Waals surface area contributed by atoms with Gasteiger partial charge in [-0.3, -0.25) is 19.3 Å². The fourth-order valence-electron chi connectivity index (χ4n) is 6.65. The van der Waals surface area contributed by atoms with Crippen LogP contribution in [0.1, 0.15) is 22.1 Å². The molecule has 1 aromatic carbocycles. The molecule has 1 N–H and O–H groups in total. The average Bonchev–Trinajstić information content (AvgIpc) is 3.57. The predicted molar refractivity (Wildman–Crippen MR) is 122 cm³/mol. The number of nitrogens with one attached hydrogen (secondary N) is 1. The Bertz CT molecular complexity index is 1310. The number of thiophene rings is 1. The molecule has 4 heterocycles. The Labute approximate surface area is 194 Å². The van der Waals surface area contributed by atoms with Crippen LogP contribution in [0.15, 0.2) is 51.6 Å². The van der Waals surface area contributed by atoms with E-state index in [0.29, 0.717) is 5.69 Å². The van der Waals surface area contributed by atoms with E-state index >= 15 is 0 Å². The van der Waals surface area contributed by atoms with Crippen LogP contribution in [0.3, 0.4) is 0 Å². The molecule has 2 saturated carbocycles. The Morgan fingerprint density at radius 3 is 2.47 bits per heavy atom. The van der Waals surface area contributed by atoms with Crippen molar-refractivity contribution in [1.82, 2.24) is 4.98 Å². The number of hydrogen-bond acceptors (Lipinski definition) is 6. The number of imide groups is 1. The van der Waals surface area contributed by atoms with Crippen LogP contribution in [0.25, 0.3) is 0 Å². The molecule has 1 saturated heterocycles. The van der Waals surface area contributed by atoms with E-state index in [9.17, 15) is 18.8 Å². The van der Waals surface area contributed by atoms with E-state index in [4.69, 9.17) is 0 Å². The first-order valence-electron chi connectivity index (χ1n) is 10.6. The summed E-state index contributed by atoms with van der Waals surface area (Å²) in [5, 5.41) is 3.17. The van der Waals surface area contributed by atoms with E-state index in [0.717, 1.165) is 16.3 Å². The summed E-state index contributed by atoms with van der Waals surface area (Å²) in [6, 6.07) is 9.73. The van der Waals surface area contributed by atoms with E-state index in [-0.39, 0.29) is 57.4 Å². The second-order valence-electron chi connectivity index (χ2n) is 8.96. The molecule has 2 amide bonds. The number of benzene rings is 1. The minimum Gasteiger partial charge on any atom is -0.307 e.